The lowest BCUT2D eigenvalue weighted by molar-refractivity contribution is 0.510. The van der Waals surface area contributed by atoms with Crippen molar-refractivity contribution in [2.75, 3.05) is 5.73 Å². The number of anilines is 1. The van der Waals surface area contributed by atoms with Gasteiger partial charge in [0.1, 0.15) is 17.3 Å². The van der Waals surface area contributed by atoms with Crippen LogP contribution in [-0.2, 0) is 12.0 Å². The first-order valence-electron chi connectivity index (χ1n) is 6.51. The molecule has 0 radical (unpaired) electrons. The van der Waals surface area contributed by atoms with Crippen LogP contribution in [0.25, 0.3) is 11.3 Å². The fraction of sp³-hybridized carbons (Fsp3) is 0.312. The van der Waals surface area contributed by atoms with Crippen LogP contribution in [0.1, 0.15) is 26.6 Å². The minimum Gasteiger partial charge on any atom is -0.383 e. The van der Waals surface area contributed by atoms with Crippen LogP contribution in [0.5, 0.6) is 0 Å². The number of hydrogen-bond acceptors (Lipinski definition) is 2. The van der Waals surface area contributed by atoms with Gasteiger partial charge in [0.2, 0.25) is 0 Å². The molecule has 0 bridgehead atoms. The average molecular weight is 289 g/mol. The van der Waals surface area contributed by atoms with E-state index in [-0.39, 0.29) is 29.0 Å². The van der Waals surface area contributed by atoms with Gasteiger partial charge in [-0.05, 0) is 12.1 Å². The number of nitrogens with two attached hydrogens (primary N) is 1. The summed E-state index contributed by atoms with van der Waals surface area (Å²) in [7, 11) is 0. The van der Waals surface area contributed by atoms with Gasteiger partial charge in [-0.2, -0.15) is 0 Å². The molecule has 2 N–H and O–H groups in total. The maximum atomic E-state index is 14.0. The van der Waals surface area contributed by atoms with Gasteiger partial charge in [-0.25, -0.2) is 13.8 Å². The van der Waals surface area contributed by atoms with Crippen LogP contribution in [0.4, 0.5) is 14.6 Å². The van der Waals surface area contributed by atoms with Gasteiger partial charge < -0.3 is 10.3 Å². The summed E-state index contributed by atoms with van der Waals surface area (Å²) in [5, 5.41) is 0. The molecular formula is C16H17F2N3. The van der Waals surface area contributed by atoms with Crippen molar-refractivity contribution in [2.24, 2.45) is 0 Å². The Morgan fingerprint density at radius 2 is 2.00 bits per heavy atom. The highest BCUT2D eigenvalue weighted by Crippen LogP contribution is 2.33. The topological polar surface area (TPSA) is 43.8 Å². The summed E-state index contributed by atoms with van der Waals surface area (Å²) in [4.78, 5) is 4.41. The highest BCUT2D eigenvalue weighted by molar-refractivity contribution is 5.72. The molecule has 0 spiro atoms. The molecule has 3 nitrogen and oxygen atoms in total. The first kappa shape index (κ1) is 15.0. The molecule has 0 aliphatic rings. The molecule has 1 aromatic heterocycles. The second-order valence-corrected chi connectivity index (χ2v) is 5.81. The number of aromatic nitrogens is 2. The zero-order chi connectivity index (χ0) is 15.8. The van der Waals surface area contributed by atoms with E-state index in [0.29, 0.717) is 5.82 Å². The number of rotatable bonds is 2. The van der Waals surface area contributed by atoms with Crippen molar-refractivity contribution in [1.82, 2.24) is 9.55 Å². The predicted octanol–water partition coefficient (Wildman–Crippen LogP) is 3.34. The first-order valence-corrected chi connectivity index (χ1v) is 6.51. The minimum atomic E-state index is -0.963. The van der Waals surface area contributed by atoms with Crippen molar-refractivity contribution >= 4 is 5.82 Å². The third-order valence-corrected chi connectivity index (χ3v) is 3.13. The fourth-order valence-corrected chi connectivity index (χ4v) is 2.17. The summed E-state index contributed by atoms with van der Waals surface area (Å²) in [6.45, 7) is 6.08. The van der Waals surface area contributed by atoms with E-state index < -0.39 is 11.6 Å². The van der Waals surface area contributed by atoms with Gasteiger partial charge in [-0.15, -0.1) is 6.42 Å². The third-order valence-electron chi connectivity index (χ3n) is 3.13. The molecule has 0 aliphatic carbocycles. The van der Waals surface area contributed by atoms with Crippen molar-refractivity contribution in [1.29, 1.82) is 0 Å². The van der Waals surface area contributed by atoms with E-state index in [1.54, 1.807) is 4.57 Å². The number of imidazole rings is 1. The number of halogens is 2. The number of hydrogen-bond donors (Lipinski definition) is 1. The Balaban J connectivity index is 2.72. The van der Waals surface area contributed by atoms with Crippen LogP contribution >= 0.6 is 0 Å². The van der Waals surface area contributed by atoms with Crippen LogP contribution in [0, 0.1) is 24.0 Å². The summed E-state index contributed by atoms with van der Waals surface area (Å²) in [5.74, 6) is 1.48. The monoisotopic (exact) mass is 289 g/mol. The van der Waals surface area contributed by atoms with Gasteiger partial charge in [0.15, 0.2) is 11.6 Å². The van der Waals surface area contributed by atoms with Crippen molar-refractivity contribution in [3.8, 4) is 23.6 Å². The molecule has 1 aromatic carbocycles. The molecule has 0 atom stereocenters. The summed E-state index contributed by atoms with van der Waals surface area (Å²) < 4.78 is 29.0. The Kier molecular flexibility index (Phi) is 3.73. The Hall–Kier alpha value is -2.35. The molecule has 2 aromatic rings. The van der Waals surface area contributed by atoms with Gasteiger partial charge in [0.25, 0.3) is 0 Å². The molecule has 0 saturated heterocycles. The maximum Gasteiger partial charge on any atom is 0.168 e. The Morgan fingerprint density at radius 1 is 1.33 bits per heavy atom. The quantitative estimate of drug-likeness (QED) is 0.862. The second-order valence-electron chi connectivity index (χ2n) is 5.81. The molecule has 0 aliphatic heterocycles. The van der Waals surface area contributed by atoms with E-state index >= 15 is 0 Å². The van der Waals surface area contributed by atoms with Gasteiger partial charge in [-0.1, -0.05) is 32.8 Å². The van der Waals surface area contributed by atoms with E-state index in [1.165, 1.54) is 12.1 Å². The van der Waals surface area contributed by atoms with Crippen LogP contribution in [0.15, 0.2) is 18.2 Å². The zero-order valence-corrected chi connectivity index (χ0v) is 12.2. The van der Waals surface area contributed by atoms with Crippen molar-refractivity contribution in [2.45, 2.75) is 32.7 Å². The summed E-state index contributed by atoms with van der Waals surface area (Å²) in [5.41, 5.74) is 5.98. The van der Waals surface area contributed by atoms with Crippen LogP contribution in [0.2, 0.25) is 0 Å². The smallest absolute Gasteiger partial charge is 0.168 e. The molecule has 0 saturated carbocycles. The number of nitrogen functional groups attached to an aromatic ring is 1. The lowest BCUT2D eigenvalue weighted by Gasteiger charge is -2.18. The van der Waals surface area contributed by atoms with Crippen LogP contribution in [-0.4, -0.2) is 9.55 Å². The number of benzene rings is 1. The number of nitrogens with zero attached hydrogens (tertiary/aromatic N) is 2. The fourth-order valence-electron chi connectivity index (χ4n) is 2.17. The summed E-state index contributed by atoms with van der Waals surface area (Å²) in [6.07, 6.45) is 5.36. The van der Waals surface area contributed by atoms with E-state index in [0.717, 1.165) is 6.07 Å². The molecule has 1 heterocycles. The van der Waals surface area contributed by atoms with Gasteiger partial charge in [-0.3, -0.25) is 0 Å². The summed E-state index contributed by atoms with van der Waals surface area (Å²) >= 11 is 0. The van der Waals surface area contributed by atoms with E-state index in [1.807, 2.05) is 20.8 Å². The highest BCUT2D eigenvalue weighted by atomic mass is 19.2. The third kappa shape index (κ3) is 2.62. The highest BCUT2D eigenvalue weighted by Gasteiger charge is 2.26. The zero-order valence-electron chi connectivity index (χ0n) is 12.2. The minimum absolute atomic E-state index is 0.0359. The largest absolute Gasteiger partial charge is 0.383 e. The molecule has 21 heavy (non-hydrogen) atoms. The van der Waals surface area contributed by atoms with Crippen molar-refractivity contribution in [3.63, 3.8) is 0 Å². The van der Waals surface area contributed by atoms with E-state index in [2.05, 4.69) is 10.9 Å². The molecule has 0 fully saturated rings. The Labute approximate surface area is 122 Å². The molecule has 0 amide bonds. The predicted molar refractivity (Wildman–Crippen MR) is 79.5 cm³/mol. The molecular weight excluding hydrogens is 272 g/mol. The maximum absolute atomic E-state index is 14.0. The SMILES string of the molecule is C#CCn1c(C(C)(C)C)nc(-c2cccc(F)c2F)c1N. The van der Waals surface area contributed by atoms with Crippen molar-refractivity contribution < 1.29 is 8.78 Å². The van der Waals surface area contributed by atoms with E-state index in [4.69, 9.17) is 12.2 Å². The summed E-state index contributed by atoms with van der Waals surface area (Å²) in [6, 6.07) is 3.92. The second kappa shape index (κ2) is 5.21. The van der Waals surface area contributed by atoms with Gasteiger partial charge in [0, 0.05) is 11.0 Å². The van der Waals surface area contributed by atoms with Crippen LogP contribution < -0.4 is 5.73 Å². The molecule has 2 rings (SSSR count). The standard InChI is InChI=1S/C16H17F2N3/c1-5-9-21-14(19)13(20-15(21)16(2,3)4)10-7-6-8-11(17)12(10)18/h1,6-8H,9,19H2,2-4H3. The average Bonchev–Trinajstić information content (AvgIpc) is 2.71. The Morgan fingerprint density at radius 3 is 2.57 bits per heavy atom. The molecule has 5 heteroatoms. The van der Waals surface area contributed by atoms with Crippen molar-refractivity contribution in [3.05, 3.63) is 35.7 Å². The van der Waals surface area contributed by atoms with Gasteiger partial charge in [0.05, 0.1) is 6.54 Å². The lowest BCUT2D eigenvalue weighted by atomic mass is 9.95. The van der Waals surface area contributed by atoms with Crippen LogP contribution in [0.3, 0.4) is 0 Å². The number of terminal acetylenes is 1. The molecule has 110 valence electrons. The van der Waals surface area contributed by atoms with E-state index in [9.17, 15) is 8.78 Å². The first-order chi connectivity index (χ1) is 9.77. The Bertz CT molecular complexity index is 718. The molecule has 0 unspecified atom stereocenters. The van der Waals surface area contributed by atoms with Gasteiger partial charge >= 0.3 is 0 Å². The normalized spacial score (nSPS) is 11.4. The lowest BCUT2D eigenvalue weighted by Crippen LogP contribution is -2.19.